The summed E-state index contributed by atoms with van der Waals surface area (Å²) < 4.78 is 32.6. The number of rotatable bonds is 8. The molecule has 0 aliphatic carbocycles. The van der Waals surface area contributed by atoms with Crippen LogP contribution in [0.4, 0.5) is 14.5 Å². The Hall–Kier alpha value is -3.76. The number of aromatic nitrogens is 2. The molecule has 1 aromatic carbocycles. The summed E-state index contributed by atoms with van der Waals surface area (Å²) in [6.45, 7) is 6.16. The molecule has 2 aromatic heterocycles. The third-order valence-corrected chi connectivity index (χ3v) is 6.08. The smallest absolute Gasteiger partial charge is 0.337 e. The van der Waals surface area contributed by atoms with E-state index in [0.717, 1.165) is 25.3 Å². The molecular weight excluding hydrogens is 472 g/mol. The first kappa shape index (κ1) is 25.3. The van der Waals surface area contributed by atoms with Gasteiger partial charge in [-0.1, -0.05) is 25.4 Å². The Bertz CT molecular complexity index is 1360. The van der Waals surface area contributed by atoms with E-state index in [2.05, 4.69) is 15.1 Å². The fourth-order valence-electron chi connectivity index (χ4n) is 4.26. The molecule has 0 saturated carbocycles. The summed E-state index contributed by atoms with van der Waals surface area (Å²) in [4.78, 5) is 40.8. The van der Waals surface area contributed by atoms with Crippen molar-refractivity contribution in [2.45, 2.75) is 46.0 Å². The van der Waals surface area contributed by atoms with Crippen LogP contribution in [-0.2, 0) is 6.42 Å². The highest BCUT2D eigenvalue weighted by atomic mass is 19.1. The number of H-pyrrole nitrogens is 1. The monoisotopic (exact) mass is 501 g/mol. The van der Waals surface area contributed by atoms with Crippen molar-refractivity contribution in [3.63, 3.8) is 0 Å². The van der Waals surface area contributed by atoms with Crippen LogP contribution in [0.1, 0.15) is 45.1 Å². The second-order valence-corrected chi connectivity index (χ2v) is 8.66. The van der Waals surface area contributed by atoms with Gasteiger partial charge in [-0.05, 0) is 37.0 Å². The zero-order chi connectivity index (χ0) is 25.7. The van der Waals surface area contributed by atoms with Crippen molar-refractivity contribution in [3.8, 4) is 6.01 Å². The Balaban J connectivity index is 1.51. The lowest BCUT2D eigenvalue weighted by molar-refractivity contribution is 0.288. The molecule has 9 nitrogen and oxygen atoms in total. The fraction of sp³-hybridized carbons (Fsp3) is 0.440. The van der Waals surface area contributed by atoms with Crippen LogP contribution in [0.5, 0.6) is 6.01 Å². The summed E-state index contributed by atoms with van der Waals surface area (Å²) in [5, 5.41) is 4.46. The van der Waals surface area contributed by atoms with E-state index in [1.54, 1.807) is 0 Å². The highest BCUT2D eigenvalue weighted by Crippen LogP contribution is 2.22. The molecule has 1 saturated heterocycles. The van der Waals surface area contributed by atoms with Gasteiger partial charge < -0.3 is 19.1 Å². The highest BCUT2D eigenvalue weighted by Gasteiger charge is 2.22. The largest absolute Gasteiger partial charge is 0.403 e. The van der Waals surface area contributed by atoms with Gasteiger partial charge in [-0.25, -0.2) is 13.6 Å². The van der Waals surface area contributed by atoms with Crippen molar-refractivity contribution in [2.24, 2.45) is 5.16 Å². The third kappa shape index (κ3) is 5.72. The van der Waals surface area contributed by atoms with Gasteiger partial charge in [0.15, 0.2) is 0 Å². The van der Waals surface area contributed by atoms with Crippen LogP contribution in [0.25, 0.3) is 11.1 Å². The molecule has 3 aromatic rings. The first-order valence-electron chi connectivity index (χ1n) is 12.2. The standard InChI is InChI=1S/C25H29F2N5O4/c1-3-5-7-16-14-21(33)35-24-22(16)23(34)28-25(29-24)36-30-20(6-4-2)32-12-10-31(11-13-32)19-9-8-17(26)15-18(19)27/h8-9,14-15H,3-7,10-13H2,1-2H3,(H,28,29,34). The van der Waals surface area contributed by atoms with Gasteiger partial charge in [0.2, 0.25) is 5.71 Å². The molecule has 0 unspecified atom stereocenters. The molecule has 1 N–H and O–H groups in total. The van der Waals surface area contributed by atoms with E-state index in [1.165, 1.54) is 18.2 Å². The minimum atomic E-state index is -0.610. The number of hydrogen-bond acceptors (Lipinski definition) is 7. The number of halogens is 2. The average Bonchev–Trinajstić information content (AvgIpc) is 2.85. The van der Waals surface area contributed by atoms with Crippen molar-refractivity contribution < 1.29 is 18.0 Å². The lowest BCUT2D eigenvalue weighted by Gasteiger charge is -2.37. The van der Waals surface area contributed by atoms with Crippen LogP contribution < -0.4 is 20.9 Å². The summed E-state index contributed by atoms with van der Waals surface area (Å²) >= 11 is 0. The molecule has 0 bridgehead atoms. The number of anilines is 1. The van der Waals surface area contributed by atoms with E-state index in [-0.39, 0.29) is 17.1 Å². The molecule has 0 radical (unpaired) electrons. The summed E-state index contributed by atoms with van der Waals surface area (Å²) in [6, 6.07) is 4.72. The van der Waals surface area contributed by atoms with Crippen molar-refractivity contribution >= 4 is 22.6 Å². The molecule has 192 valence electrons. The molecule has 0 amide bonds. The number of aryl methyl sites for hydroxylation is 1. The Morgan fingerprint density at radius 2 is 1.92 bits per heavy atom. The van der Waals surface area contributed by atoms with Gasteiger partial charge in [0.05, 0.1) is 5.69 Å². The molecule has 36 heavy (non-hydrogen) atoms. The molecule has 1 aliphatic rings. The number of piperazine rings is 1. The van der Waals surface area contributed by atoms with Crippen molar-refractivity contribution in [2.75, 3.05) is 31.1 Å². The number of aromatic amines is 1. The summed E-state index contributed by atoms with van der Waals surface area (Å²) in [6.07, 6.45) is 3.71. The van der Waals surface area contributed by atoms with Crippen molar-refractivity contribution in [1.29, 1.82) is 0 Å². The lowest BCUT2D eigenvalue weighted by Crippen LogP contribution is -2.49. The Kier molecular flexibility index (Phi) is 7.97. The molecule has 0 spiro atoms. The van der Waals surface area contributed by atoms with Gasteiger partial charge in [-0.2, -0.15) is 4.98 Å². The van der Waals surface area contributed by atoms with Gasteiger partial charge >= 0.3 is 11.6 Å². The maximum Gasteiger partial charge on any atom is 0.337 e. The Labute approximate surface area is 206 Å². The van der Waals surface area contributed by atoms with Crippen molar-refractivity contribution in [1.82, 2.24) is 14.9 Å². The van der Waals surface area contributed by atoms with Gasteiger partial charge in [0.1, 0.15) is 22.9 Å². The fourth-order valence-corrected chi connectivity index (χ4v) is 4.26. The highest BCUT2D eigenvalue weighted by molar-refractivity contribution is 5.82. The number of unbranched alkanes of at least 4 members (excludes halogenated alkanes) is 1. The van der Waals surface area contributed by atoms with E-state index in [1.807, 2.05) is 23.6 Å². The molecule has 4 rings (SSSR count). The van der Waals surface area contributed by atoms with E-state index in [4.69, 9.17) is 9.25 Å². The van der Waals surface area contributed by atoms with Crippen molar-refractivity contribution in [3.05, 3.63) is 62.2 Å². The Morgan fingerprint density at radius 3 is 2.61 bits per heavy atom. The number of nitrogens with one attached hydrogen (secondary N) is 1. The summed E-state index contributed by atoms with van der Waals surface area (Å²) in [7, 11) is 0. The molecule has 11 heteroatoms. The van der Waals surface area contributed by atoms with Crippen LogP contribution in [0.2, 0.25) is 0 Å². The average molecular weight is 502 g/mol. The van der Waals surface area contributed by atoms with Crippen LogP contribution in [0.3, 0.4) is 0 Å². The maximum atomic E-state index is 14.2. The molecule has 0 atom stereocenters. The molecule has 3 heterocycles. The summed E-state index contributed by atoms with van der Waals surface area (Å²) in [5.74, 6) is -0.552. The van der Waals surface area contributed by atoms with E-state index in [0.29, 0.717) is 56.1 Å². The summed E-state index contributed by atoms with van der Waals surface area (Å²) in [5.41, 5.74) is -0.182. The van der Waals surface area contributed by atoms with Crippen LogP contribution in [-0.4, -0.2) is 46.9 Å². The minimum absolute atomic E-state index is 0.0884. The number of fused-ring (bicyclic) bond motifs is 1. The first-order valence-corrected chi connectivity index (χ1v) is 12.2. The van der Waals surface area contributed by atoms with E-state index >= 15 is 0 Å². The predicted octanol–water partition coefficient (Wildman–Crippen LogP) is 3.81. The van der Waals surface area contributed by atoms with E-state index < -0.39 is 22.8 Å². The van der Waals surface area contributed by atoms with Gasteiger partial charge in [-0.3, -0.25) is 9.78 Å². The normalized spacial score (nSPS) is 14.5. The number of oxime groups is 1. The van der Waals surface area contributed by atoms with Crippen LogP contribution in [0.15, 0.2) is 43.4 Å². The molecular formula is C25H29F2N5O4. The predicted molar refractivity (Wildman–Crippen MR) is 133 cm³/mol. The van der Waals surface area contributed by atoms with Gasteiger partial charge in [0.25, 0.3) is 5.56 Å². The van der Waals surface area contributed by atoms with Crippen LogP contribution >= 0.6 is 0 Å². The lowest BCUT2D eigenvalue weighted by atomic mass is 10.1. The maximum absolute atomic E-state index is 14.2. The quantitative estimate of drug-likeness (QED) is 0.284. The Morgan fingerprint density at radius 1 is 1.14 bits per heavy atom. The van der Waals surface area contributed by atoms with Gasteiger partial charge in [0, 0.05) is 44.7 Å². The topological polar surface area (TPSA) is 104 Å². The van der Waals surface area contributed by atoms with Crippen LogP contribution in [0, 0.1) is 11.6 Å². The molecule has 1 aliphatic heterocycles. The third-order valence-electron chi connectivity index (χ3n) is 6.08. The molecule has 1 fully saturated rings. The number of hydrogen-bond donors (Lipinski definition) is 1. The minimum Gasteiger partial charge on any atom is -0.403 e. The second kappa shape index (κ2) is 11.3. The SMILES string of the molecule is CCCCc1cc(=O)oc2nc(ON=C(CCC)N3CCN(c4ccc(F)cc4F)CC3)[nH]c(=O)c12. The number of amidine groups is 1. The number of nitrogens with zero attached hydrogens (tertiary/aromatic N) is 4. The first-order chi connectivity index (χ1) is 17.4. The zero-order valence-electron chi connectivity index (χ0n) is 20.4. The number of benzene rings is 1. The van der Waals surface area contributed by atoms with E-state index in [9.17, 15) is 18.4 Å². The second-order valence-electron chi connectivity index (χ2n) is 8.66. The zero-order valence-corrected chi connectivity index (χ0v) is 20.4. The van der Waals surface area contributed by atoms with Gasteiger partial charge in [-0.15, -0.1) is 0 Å².